The minimum atomic E-state index is -0.743. The zero-order valence-electron chi connectivity index (χ0n) is 19.6. The summed E-state index contributed by atoms with van der Waals surface area (Å²) in [5.74, 6) is 0.739. The molecule has 2 amide bonds. The molecule has 1 aliphatic heterocycles. The number of benzene rings is 2. The van der Waals surface area contributed by atoms with Gasteiger partial charge in [-0.05, 0) is 18.2 Å². The first kappa shape index (κ1) is 25.5. The number of hydrogen-bond acceptors (Lipinski definition) is 9. The lowest BCUT2D eigenvalue weighted by molar-refractivity contribution is -0.125. The van der Waals surface area contributed by atoms with Crippen molar-refractivity contribution in [2.75, 3.05) is 56.3 Å². The molecule has 1 fully saturated rings. The van der Waals surface area contributed by atoms with Crippen LogP contribution in [-0.2, 0) is 9.59 Å². The summed E-state index contributed by atoms with van der Waals surface area (Å²) in [7, 11) is 3.10. The third kappa shape index (κ3) is 5.18. The summed E-state index contributed by atoms with van der Waals surface area (Å²) in [5.41, 5.74) is 12.7. The van der Waals surface area contributed by atoms with Crippen LogP contribution in [0.2, 0.25) is 10.0 Å². The third-order valence-corrected chi connectivity index (χ3v) is 6.51. The fourth-order valence-corrected chi connectivity index (χ4v) is 4.77. The number of aromatic nitrogens is 2. The third-order valence-electron chi connectivity index (χ3n) is 5.91. The number of amides is 2. The molecule has 3 aromatic rings. The zero-order chi connectivity index (χ0) is 26.0. The SMILES string of the molecule is COc1cc2ncnc(N3CCN(CC(=O)Nc4c(Cl)cc(N)cc4Cl)C(C(N)=O)C3)c2cc1OC. The van der Waals surface area contributed by atoms with E-state index in [1.54, 1.807) is 31.3 Å². The predicted octanol–water partition coefficient (Wildman–Crippen LogP) is 2.15. The highest BCUT2D eigenvalue weighted by molar-refractivity contribution is 6.40. The normalized spacial score (nSPS) is 16.1. The number of piperazine rings is 1. The smallest absolute Gasteiger partial charge is 0.238 e. The molecular weight excluding hydrogens is 509 g/mol. The van der Waals surface area contributed by atoms with Gasteiger partial charge in [0.1, 0.15) is 18.2 Å². The van der Waals surface area contributed by atoms with E-state index in [1.807, 2.05) is 4.90 Å². The topological polar surface area (TPSA) is 149 Å². The van der Waals surface area contributed by atoms with E-state index < -0.39 is 17.9 Å². The molecule has 4 rings (SSSR count). The predicted molar refractivity (Wildman–Crippen MR) is 139 cm³/mol. The maximum absolute atomic E-state index is 12.8. The van der Waals surface area contributed by atoms with Gasteiger partial charge in [0.2, 0.25) is 11.8 Å². The van der Waals surface area contributed by atoms with Gasteiger partial charge in [0, 0.05) is 36.8 Å². The highest BCUT2D eigenvalue weighted by Crippen LogP contribution is 2.35. The standard InChI is InChI=1S/C23H25Cl2N7O4/c1-35-18-7-13-16(8-19(18)36-2)28-11-29-23(13)32-4-3-31(17(9-32)22(27)34)10-20(33)30-21-14(24)5-12(26)6-15(21)25/h5-8,11,17H,3-4,9-10,26H2,1-2H3,(H2,27,34)(H,30,33). The fraction of sp³-hybridized carbons (Fsp3) is 0.304. The molecule has 1 aliphatic rings. The number of nitrogens with two attached hydrogens (primary N) is 2. The number of methoxy groups -OCH3 is 2. The zero-order valence-corrected chi connectivity index (χ0v) is 21.1. The van der Waals surface area contributed by atoms with Crippen LogP contribution >= 0.6 is 23.2 Å². The van der Waals surface area contributed by atoms with E-state index in [-0.39, 0.29) is 28.8 Å². The van der Waals surface area contributed by atoms with Gasteiger partial charge in [-0.15, -0.1) is 0 Å². The Hall–Kier alpha value is -3.54. The van der Waals surface area contributed by atoms with Crippen LogP contribution in [0, 0.1) is 0 Å². The largest absolute Gasteiger partial charge is 0.493 e. The Labute approximate surface area is 217 Å². The quantitative estimate of drug-likeness (QED) is 0.388. The minimum Gasteiger partial charge on any atom is -0.493 e. The van der Waals surface area contributed by atoms with Crippen LogP contribution < -0.4 is 31.2 Å². The molecule has 1 unspecified atom stereocenters. The van der Waals surface area contributed by atoms with Crippen molar-refractivity contribution in [1.29, 1.82) is 0 Å². The lowest BCUT2D eigenvalue weighted by Crippen LogP contribution is -2.59. The number of primary amides is 1. The van der Waals surface area contributed by atoms with E-state index in [1.165, 1.54) is 18.5 Å². The molecule has 190 valence electrons. The van der Waals surface area contributed by atoms with Gasteiger partial charge >= 0.3 is 0 Å². The Bertz CT molecular complexity index is 1300. The van der Waals surface area contributed by atoms with Crippen molar-refractivity contribution < 1.29 is 19.1 Å². The van der Waals surface area contributed by atoms with Crippen molar-refractivity contribution in [3.05, 3.63) is 40.6 Å². The summed E-state index contributed by atoms with van der Waals surface area (Å²) in [6.45, 7) is 1.00. The molecule has 0 aliphatic carbocycles. The van der Waals surface area contributed by atoms with Crippen molar-refractivity contribution in [2.24, 2.45) is 5.73 Å². The molecule has 36 heavy (non-hydrogen) atoms. The molecular formula is C23H25Cl2N7O4. The first-order valence-corrected chi connectivity index (χ1v) is 11.7. The Morgan fingerprint density at radius 2 is 1.75 bits per heavy atom. The Morgan fingerprint density at radius 1 is 1.08 bits per heavy atom. The van der Waals surface area contributed by atoms with Gasteiger partial charge in [-0.1, -0.05) is 23.2 Å². The summed E-state index contributed by atoms with van der Waals surface area (Å²) in [6.07, 6.45) is 1.45. The van der Waals surface area contributed by atoms with Crippen LogP contribution in [0.4, 0.5) is 17.2 Å². The number of nitrogens with one attached hydrogen (secondary N) is 1. The number of nitrogen functional groups attached to an aromatic ring is 1. The molecule has 2 heterocycles. The number of carbonyl (C=O) groups excluding carboxylic acids is 2. The summed E-state index contributed by atoms with van der Waals surface area (Å²) in [5, 5.41) is 3.85. The summed E-state index contributed by atoms with van der Waals surface area (Å²) in [4.78, 5) is 37.6. The molecule has 1 saturated heterocycles. The van der Waals surface area contributed by atoms with Gasteiger partial charge < -0.3 is 31.2 Å². The van der Waals surface area contributed by atoms with E-state index in [4.69, 9.17) is 44.1 Å². The van der Waals surface area contributed by atoms with Gasteiger partial charge in [0.05, 0.1) is 42.0 Å². The first-order valence-electron chi connectivity index (χ1n) is 10.9. The number of fused-ring (bicyclic) bond motifs is 1. The summed E-state index contributed by atoms with van der Waals surface area (Å²) >= 11 is 12.3. The number of hydrogen-bond donors (Lipinski definition) is 3. The molecule has 2 aromatic carbocycles. The van der Waals surface area contributed by atoms with Crippen molar-refractivity contribution in [3.63, 3.8) is 0 Å². The molecule has 1 atom stereocenters. The Kier molecular flexibility index (Phi) is 7.53. The second-order valence-electron chi connectivity index (χ2n) is 8.16. The number of carbonyl (C=O) groups is 2. The monoisotopic (exact) mass is 533 g/mol. The van der Waals surface area contributed by atoms with Crippen LogP contribution in [-0.4, -0.2) is 73.1 Å². The Morgan fingerprint density at radius 3 is 2.39 bits per heavy atom. The lowest BCUT2D eigenvalue weighted by atomic mass is 10.1. The number of halogens is 2. The van der Waals surface area contributed by atoms with Gasteiger partial charge in [0.25, 0.3) is 0 Å². The number of ether oxygens (including phenoxy) is 2. The minimum absolute atomic E-state index is 0.0893. The van der Waals surface area contributed by atoms with E-state index in [2.05, 4.69) is 15.3 Å². The molecule has 0 radical (unpaired) electrons. The van der Waals surface area contributed by atoms with E-state index in [0.29, 0.717) is 41.6 Å². The van der Waals surface area contributed by atoms with Crippen molar-refractivity contribution >= 4 is 63.1 Å². The van der Waals surface area contributed by atoms with E-state index in [0.717, 1.165) is 5.39 Å². The van der Waals surface area contributed by atoms with Gasteiger partial charge in [0.15, 0.2) is 11.5 Å². The van der Waals surface area contributed by atoms with Crippen molar-refractivity contribution in [2.45, 2.75) is 6.04 Å². The molecule has 5 N–H and O–H groups in total. The maximum atomic E-state index is 12.8. The molecule has 0 saturated carbocycles. The Balaban J connectivity index is 1.54. The van der Waals surface area contributed by atoms with Crippen LogP contribution in [0.25, 0.3) is 10.9 Å². The highest BCUT2D eigenvalue weighted by Gasteiger charge is 2.33. The number of rotatable bonds is 7. The van der Waals surface area contributed by atoms with Crippen molar-refractivity contribution in [1.82, 2.24) is 14.9 Å². The van der Waals surface area contributed by atoms with E-state index in [9.17, 15) is 9.59 Å². The number of nitrogens with zero attached hydrogens (tertiary/aromatic N) is 4. The van der Waals surface area contributed by atoms with Gasteiger partial charge in [-0.25, -0.2) is 9.97 Å². The molecule has 0 bridgehead atoms. The second-order valence-corrected chi connectivity index (χ2v) is 8.98. The highest BCUT2D eigenvalue weighted by atomic mass is 35.5. The van der Waals surface area contributed by atoms with Crippen LogP contribution in [0.5, 0.6) is 11.5 Å². The number of anilines is 3. The van der Waals surface area contributed by atoms with Crippen LogP contribution in [0.1, 0.15) is 0 Å². The van der Waals surface area contributed by atoms with Gasteiger partial charge in [-0.3, -0.25) is 14.5 Å². The second kappa shape index (κ2) is 10.6. The van der Waals surface area contributed by atoms with Gasteiger partial charge in [-0.2, -0.15) is 0 Å². The fourth-order valence-electron chi connectivity index (χ4n) is 4.17. The first-order chi connectivity index (χ1) is 17.2. The summed E-state index contributed by atoms with van der Waals surface area (Å²) in [6, 6.07) is 5.80. The molecule has 1 aromatic heterocycles. The maximum Gasteiger partial charge on any atom is 0.238 e. The van der Waals surface area contributed by atoms with Crippen LogP contribution in [0.3, 0.4) is 0 Å². The van der Waals surface area contributed by atoms with Crippen molar-refractivity contribution in [3.8, 4) is 11.5 Å². The molecule has 11 nitrogen and oxygen atoms in total. The van der Waals surface area contributed by atoms with E-state index >= 15 is 0 Å². The molecule has 0 spiro atoms. The molecule has 13 heteroatoms. The lowest BCUT2D eigenvalue weighted by Gasteiger charge is -2.40. The van der Waals surface area contributed by atoms with Crippen LogP contribution in [0.15, 0.2) is 30.6 Å². The average molecular weight is 534 g/mol. The summed E-state index contributed by atoms with van der Waals surface area (Å²) < 4.78 is 10.8. The average Bonchev–Trinajstić information content (AvgIpc) is 2.85.